The Morgan fingerprint density at radius 3 is 2.25 bits per heavy atom. The number of hydrogen-bond acceptors (Lipinski definition) is 4. The van der Waals surface area contributed by atoms with Crippen molar-refractivity contribution in [2.45, 2.75) is 45.4 Å². The number of piperidine rings is 1. The van der Waals surface area contributed by atoms with Gasteiger partial charge in [-0.15, -0.1) is 0 Å². The van der Waals surface area contributed by atoms with E-state index in [0.717, 1.165) is 37.1 Å². The van der Waals surface area contributed by atoms with E-state index in [-0.39, 0.29) is 11.7 Å². The highest BCUT2D eigenvalue weighted by Crippen LogP contribution is 2.21. The highest BCUT2D eigenvalue weighted by molar-refractivity contribution is 5.95. The number of hydrogen-bond donors (Lipinski definition) is 0. The number of ketones is 1. The molecule has 2 aromatic rings. The molecular weight excluding hydrogens is 400 g/mol. The van der Waals surface area contributed by atoms with Crippen LogP contribution in [0.1, 0.15) is 64.4 Å². The second-order valence-electron chi connectivity index (χ2n) is 8.96. The number of rotatable bonds is 7. The van der Waals surface area contributed by atoms with Crippen LogP contribution in [0.3, 0.4) is 0 Å². The average Bonchev–Trinajstić information content (AvgIpc) is 3.04. The second-order valence-corrected chi connectivity index (χ2v) is 8.96. The van der Waals surface area contributed by atoms with Crippen molar-refractivity contribution in [3.63, 3.8) is 0 Å². The molecule has 170 valence electrons. The molecule has 2 heterocycles. The summed E-state index contributed by atoms with van der Waals surface area (Å²) in [6.45, 7) is 7.20. The molecule has 0 atom stereocenters. The summed E-state index contributed by atoms with van der Waals surface area (Å²) in [6, 6.07) is 13.5. The van der Waals surface area contributed by atoms with Crippen molar-refractivity contribution >= 4 is 11.7 Å². The number of Topliss-reactive ketones (excluding diaryl/α,β-unsaturated/α-hetero) is 1. The summed E-state index contributed by atoms with van der Waals surface area (Å²) >= 11 is 0. The van der Waals surface area contributed by atoms with E-state index in [1.54, 1.807) is 6.92 Å². The number of fused-ring (bicyclic) bond motifs is 1. The van der Waals surface area contributed by atoms with E-state index < -0.39 is 0 Å². The monoisotopic (exact) mass is 434 g/mol. The Kier molecular flexibility index (Phi) is 7.59. The van der Waals surface area contributed by atoms with Crippen LogP contribution in [0, 0.1) is 0 Å². The van der Waals surface area contributed by atoms with Crippen LogP contribution in [0.5, 0.6) is 5.75 Å². The Morgan fingerprint density at radius 1 is 0.844 bits per heavy atom. The van der Waals surface area contributed by atoms with Crippen LogP contribution in [0.4, 0.5) is 0 Å². The first-order valence-corrected chi connectivity index (χ1v) is 12.0. The van der Waals surface area contributed by atoms with Crippen LogP contribution in [-0.2, 0) is 12.8 Å². The van der Waals surface area contributed by atoms with Gasteiger partial charge < -0.3 is 14.5 Å². The maximum atomic E-state index is 13.1. The SMILES string of the molecule is CC(=O)c1ccc2c(c1)CCN(C(=O)c1ccc(OCCCN3CCCCC3)cc1)CC2. The van der Waals surface area contributed by atoms with Gasteiger partial charge in [0.2, 0.25) is 0 Å². The Hall–Kier alpha value is -2.66. The van der Waals surface area contributed by atoms with Crippen molar-refractivity contribution in [1.82, 2.24) is 9.80 Å². The Balaban J connectivity index is 1.27. The van der Waals surface area contributed by atoms with Gasteiger partial charge in [0.25, 0.3) is 5.91 Å². The lowest BCUT2D eigenvalue weighted by Gasteiger charge is -2.26. The maximum Gasteiger partial charge on any atom is 0.253 e. The Bertz CT molecular complexity index is 932. The predicted molar refractivity (Wildman–Crippen MR) is 127 cm³/mol. The molecule has 2 aliphatic heterocycles. The molecule has 0 radical (unpaired) electrons. The van der Waals surface area contributed by atoms with Gasteiger partial charge in [0.15, 0.2) is 5.78 Å². The van der Waals surface area contributed by atoms with Gasteiger partial charge in [0, 0.05) is 30.8 Å². The van der Waals surface area contributed by atoms with E-state index in [1.807, 2.05) is 47.4 Å². The van der Waals surface area contributed by atoms with Crippen LogP contribution < -0.4 is 4.74 Å². The fraction of sp³-hybridized carbons (Fsp3) is 0.481. The van der Waals surface area contributed by atoms with Crippen LogP contribution in [-0.4, -0.2) is 60.8 Å². The molecule has 0 saturated carbocycles. The summed E-state index contributed by atoms with van der Waals surface area (Å²) in [4.78, 5) is 29.2. The molecular formula is C27H34N2O3. The molecule has 0 spiro atoms. The number of amides is 1. The van der Waals surface area contributed by atoms with Crippen molar-refractivity contribution < 1.29 is 14.3 Å². The van der Waals surface area contributed by atoms with Crippen molar-refractivity contribution in [3.8, 4) is 5.75 Å². The first kappa shape index (κ1) is 22.5. The van der Waals surface area contributed by atoms with E-state index in [2.05, 4.69) is 4.90 Å². The first-order chi connectivity index (χ1) is 15.6. The largest absolute Gasteiger partial charge is 0.494 e. The molecule has 2 aliphatic rings. The molecule has 5 heteroatoms. The quantitative estimate of drug-likeness (QED) is 0.479. The molecule has 0 aliphatic carbocycles. The topological polar surface area (TPSA) is 49.9 Å². The normalized spacial score (nSPS) is 16.8. The van der Waals surface area contributed by atoms with Gasteiger partial charge in [0.05, 0.1) is 6.61 Å². The van der Waals surface area contributed by atoms with Gasteiger partial charge >= 0.3 is 0 Å². The molecule has 5 nitrogen and oxygen atoms in total. The van der Waals surface area contributed by atoms with Crippen LogP contribution in [0.2, 0.25) is 0 Å². The molecule has 4 rings (SSSR count). The molecule has 0 unspecified atom stereocenters. The number of likely N-dealkylation sites (tertiary alicyclic amines) is 1. The molecule has 0 N–H and O–H groups in total. The summed E-state index contributed by atoms with van der Waals surface area (Å²) in [7, 11) is 0. The lowest BCUT2D eigenvalue weighted by molar-refractivity contribution is 0.0762. The van der Waals surface area contributed by atoms with Gasteiger partial charge in [-0.2, -0.15) is 0 Å². The minimum atomic E-state index is 0.0567. The zero-order valence-electron chi connectivity index (χ0n) is 19.1. The molecule has 0 bridgehead atoms. The zero-order chi connectivity index (χ0) is 22.3. The molecule has 1 amide bonds. The fourth-order valence-corrected chi connectivity index (χ4v) is 4.68. The number of ether oxygens (including phenoxy) is 1. The smallest absolute Gasteiger partial charge is 0.253 e. The summed E-state index contributed by atoms with van der Waals surface area (Å²) in [6.07, 6.45) is 6.62. The average molecular weight is 435 g/mol. The van der Waals surface area contributed by atoms with E-state index in [0.29, 0.717) is 25.3 Å². The van der Waals surface area contributed by atoms with Gasteiger partial charge in [-0.3, -0.25) is 9.59 Å². The highest BCUT2D eigenvalue weighted by atomic mass is 16.5. The van der Waals surface area contributed by atoms with E-state index in [4.69, 9.17) is 4.74 Å². The zero-order valence-corrected chi connectivity index (χ0v) is 19.1. The minimum Gasteiger partial charge on any atom is -0.494 e. The molecule has 32 heavy (non-hydrogen) atoms. The summed E-state index contributed by atoms with van der Waals surface area (Å²) in [5, 5.41) is 0. The molecule has 0 aromatic heterocycles. The third-order valence-corrected chi connectivity index (χ3v) is 6.64. The van der Waals surface area contributed by atoms with Crippen molar-refractivity contribution in [1.29, 1.82) is 0 Å². The predicted octanol–water partition coefficient (Wildman–Crippen LogP) is 4.39. The lowest BCUT2D eigenvalue weighted by atomic mass is 9.99. The van der Waals surface area contributed by atoms with E-state index in [1.165, 1.54) is 43.5 Å². The van der Waals surface area contributed by atoms with Crippen LogP contribution in [0.15, 0.2) is 42.5 Å². The second kappa shape index (κ2) is 10.8. The minimum absolute atomic E-state index is 0.0567. The molecule has 2 aromatic carbocycles. The van der Waals surface area contributed by atoms with Crippen molar-refractivity contribution in [2.75, 3.05) is 39.3 Å². The maximum absolute atomic E-state index is 13.1. The number of carbonyl (C=O) groups is 2. The van der Waals surface area contributed by atoms with Gasteiger partial charge in [-0.25, -0.2) is 0 Å². The fourth-order valence-electron chi connectivity index (χ4n) is 4.68. The van der Waals surface area contributed by atoms with Gasteiger partial charge in [-0.05, 0) is 93.6 Å². The highest BCUT2D eigenvalue weighted by Gasteiger charge is 2.20. The molecule has 1 fully saturated rings. The van der Waals surface area contributed by atoms with Gasteiger partial charge in [0.1, 0.15) is 5.75 Å². The number of benzene rings is 2. The van der Waals surface area contributed by atoms with Crippen molar-refractivity contribution in [2.24, 2.45) is 0 Å². The van der Waals surface area contributed by atoms with E-state index >= 15 is 0 Å². The summed E-state index contributed by atoms with van der Waals surface area (Å²) in [5.41, 5.74) is 3.86. The van der Waals surface area contributed by atoms with Gasteiger partial charge in [-0.1, -0.05) is 18.6 Å². The van der Waals surface area contributed by atoms with Crippen LogP contribution >= 0.6 is 0 Å². The number of carbonyl (C=O) groups excluding carboxylic acids is 2. The van der Waals surface area contributed by atoms with Crippen LogP contribution in [0.25, 0.3) is 0 Å². The lowest BCUT2D eigenvalue weighted by Crippen LogP contribution is -2.33. The first-order valence-electron chi connectivity index (χ1n) is 12.0. The summed E-state index contributed by atoms with van der Waals surface area (Å²) in [5.74, 6) is 0.959. The standard InChI is InChI=1S/C27H34N2O3/c1-21(30)24-7-6-22-12-17-29(18-13-25(22)20-24)27(31)23-8-10-26(11-9-23)32-19-5-16-28-14-3-2-4-15-28/h6-11,20H,2-5,12-19H2,1H3. The third-order valence-electron chi connectivity index (χ3n) is 6.64. The Labute approximate surface area is 191 Å². The third kappa shape index (κ3) is 5.77. The van der Waals surface area contributed by atoms with E-state index in [9.17, 15) is 9.59 Å². The summed E-state index contributed by atoms with van der Waals surface area (Å²) < 4.78 is 5.89. The number of nitrogens with zero attached hydrogens (tertiary/aromatic N) is 2. The van der Waals surface area contributed by atoms with Crippen molar-refractivity contribution in [3.05, 3.63) is 64.7 Å². The molecule has 1 saturated heterocycles. The Morgan fingerprint density at radius 2 is 1.53 bits per heavy atom.